The fourth-order valence-electron chi connectivity index (χ4n) is 0.355. The average molecular weight is 228 g/mol. The predicted molar refractivity (Wildman–Crippen MR) is 57.9 cm³/mol. The molecule has 1 atom stereocenters. The van der Waals surface area contributed by atoms with Gasteiger partial charge in [0.15, 0.2) is 0 Å². The summed E-state index contributed by atoms with van der Waals surface area (Å²) in [4.78, 5) is 3.67. The summed E-state index contributed by atoms with van der Waals surface area (Å²) in [5.41, 5.74) is 0. The van der Waals surface area contributed by atoms with E-state index in [0.29, 0.717) is 0 Å². The van der Waals surface area contributed by atoms with E-state index in [2.05, 4.69) is 10.1 Å². The molecule has 0 aromatic carbocycles. The van der Waals surface area contributed by atoms with Crippen molar-refractivity contribution in [3.8, 4) is 0 Å². The molecular weight excluding hydrogens is 215 g/mol. The maximum Gasteiger partial charge on any atom is 0.361 e. The normalized spacial score (nSPS) is 16.2. The topological polar surface area (TPSA) is 50.7 Å². The molecule has 1 N–H and O–H groups in total. The van der Waals surface area contributed by atoms with Crippen LogP contribution in [-0.4, -0.2) is 26.2 Å². The smallest absolute Gasteiger partial charge is 0.309 e. The van der Waals surface area contributed by atoms with Gasteiger partial charge in [-0.05, 0) is 0 Å². The lowest BCUT2D eigenvalue weighted by Crippen LogP contribution is -2.05. The third-order valence-corrected chi connectivity index (χ3v) is 7.39. The number of hydrogen-bond donors (Lipinski definition) is 1. The second kappa shape index (κ2) is 6.83. The Kier molecular flexibility index (Phi) is 7.04. The average Bonchev–Trinajstić information content (AvgIpc) is 2.11. The lowest BCUT2D eigenvalue weighted by atomic mass is 11.0. The molecule has 0 saturated heterocycles. The zero-order valence-corrected chi connectivity index (χ0v) is 9.84. The van der Waals surface area contributed by atoms with Crippen molar-refractivity contribution in [1.82, 2.24) is 5.09 Å². The molecule has 12 heavy (non-hydrogen) atoms. The minimum absolute atomic E-state index is 0.892. The van der Waals surface area contributed by atoms with E-state index >= 15 is 0 Å². The zero-order valence-electron chi connectivity index (χ0n) is 7.31. The molecule has 0 aliphatic rings. The minimum Gasteiger partial charge on any atom is -0.309 e. The number of nitrogens with one attached hydrogen (secondary N) is 1. The Bertz CT molecular complexity index is 188. The first-order valence-electron chi connectivity index (χ1n) is 3.34. The first-order valence-corrected chi connectivity index (χ1v) is 7.88. The lowest BCUT2D eigenvalue weighted by molar-refractivity contribution is 0.406. The molecule has 0 aliphatic carbocycles. The van der Waals surface area contributed by atoms with Gasteiger partial charge in [-0.3, -0.25) is 14.6 Å². The van der Waals surface area contributed by atoms with E-state index in [9.17, 15) is 4.57 Å². The largest absolute Gasteiger partial charge is 0.361 e. The fourth-order valence-corrected chi connectivity index (χ4v) is 5.38. The van der Waals surface area contributed by atoms with Gasteiger partial charge in [0.1, 0.15) is 0 Å². The van der Waals surface area contributed by atoms with Crippen LogP contribution in [0.2, 0.25) is 0 Å². The van der Waals surface area contributed by atoms with Crippen LogP contribution < -0.4 is 5.09 Å². The Morgan fingerprint density at radius 2 is 2.42 bits per heavy atom. The highest BCUT2D eigenvalue weighted by Crippen LogP contribution is 2.60. The third-order valence-electron chi connectivity index (χ3n) is 0.854. The molecule has 0 fully saturated rings. The van der Waals surface area contributed by atoms with Crippen molar-refractivity contribution in [2.45, 2.75) is 6.92 Å². The van der Waals surface area contributed by atoms with E-state index in [1.165, 1.54) is 34.7 Å². The zero-order chi connectivity index (χ0) is 9.45. The van der Waals surface area contributed by atoms with Crippen molar-refractivity contribution in [1.29, 1.82) is 0 Å². The predicted octanol–water partition coefficient (Wildman–Crippen LogP) is 2.39. The summed E-state index contributed by atoms with van der Waals surface area (Å²) in [6.45, 7) is -0.761. The second-order valence-electron chi connectivity index (χ2n) is 1.68. The molecule has 0 rings (SSSR count). The van der Waals surface area contributed by atoms with Crippen molar-refractivity contribution >= 4 is 34.3 Å². The van der Waals surface area contributed by atoms with E-state index in [1.807, 2.05) is 6.92 Å². The van der Waals surface area contributed by atoms with Crippen LogP contribution in [0.3, 0.4) is 0 Å². The first-order chi connectivity index (χ1) is 5.68. The van der Waals surface area contributed by atoms with E-state index in [0.717, 1.165) is 5.75 Å². The minimum atomic E-state index is -2.75. The number of nitrogens with zero attached hydrogens (tertiary/aromatic N) is 1. The number of aliphatic imine (C=N–C) groups is 1. The second-order valence-corrected chi connectivity index (χ2v) is 8.20. The van der Waals surface area contributed by atoms with Crippen molar-refractivity contribution in [2.75, 3.05) is 19.9 Å². The van der Waals surface area contributed by atoms with Gasteiger partial charge < -0.3 is 4.52 Å². The molecule has 0 aromatic heterocycles. The summed E-state index contributed by atoms with van der Waals surface area (Å²) in [6.07, 6.45) is 1.38. The van der Waals surface area contributed by atoms with Gasteiger partial charge in [-0.1, -0.05) is 17.7 Å². The standard InChI is InChI=1S/C5H13N2O2PS2/c1-4-11-12-10(8,9-3)7-5-6-2/h5H,4H2,1-3H3,(H,6,7,8). The van der Waals surface area contributed by atoms with Crippen LogP contribution in [0.25, 0.3) is 0 Å². The Labute approximate surface area is 80.6 Å². The van der Waals surface area contributed by atoms with Gasteiger partial charge in [0, 0.05) is 30.3 Å². The van der Waals surface area contributed by atoms with Crippen LogP contribution in [0.4, 0.5) is 0 Å². The molecule has 0 radical (unpaired) electrons. The van der Waals surface area contributed by atoms with Crippen molar-refractivity contribution in [3.05, 3.63) is 0 Å². The first kappa shape index (κ1) is 12.4. The molecule has 0 aliphatic heterocycles. The molecule has 0 saturated carbocycles. The Balaban J connectivity index is 3.96. The number of rotatable bonds is 6. The van der Waals surface area contributed by atoms with Crippen LogP contribution in [-0.2, 0) is 9.09 Å². The number of hydrogen-bond acceptors (Lipinski definition) is 5. The molecular formula is C5H13N2O2PS2. The maximum atomic E-state index is 11.6. The van der Waals surface area contributed by atoms with Crippen LogP contribution in [0.5, 0.6) is 0 Å². The van der Waals surface area contributed by atoms with Gasteiger partial charge in [0.2, 0.25) is 0 Å². The monoisotopic (exact) mass is 228 g/mol. The Morgan fingerprint density at radius 1 is 1.75 bits per heavy atom. The summed E-state index contributed by atoms with van der Waals surface area (Å²) in [5.74, 6) is 0.892. The van der Waals surface area contributed by atoms with E-state index in [4.69, 9.17) is 4.52 Å². The highest BCUT2D eigenvalue weighted by atomic mass is 33.3. The quantitative estimate of drug-likeness (QED) is 0.327. The maximum absolute atomic E-state index is 11.6. The molecule has 0 spiro atoms. The lowest BCUT2D eigenvalue weighted by Gasteiger charge is -2.12. The van der Waals surface area contributed by atoms with E-state index in [-0.39, 0.29) is 0 Å². The Morgan fingerprint density at radius 3 is 2.83 bits per heavy atom. The summed E-state index contributed by atoms with van der Waals surface area (Å²) in [6, 6.07) is 0. The van der Waals surface area contributed by atoms with Crippen LogP contribution in [0, 0.1) is 0 Å². The highest BCUT2D eigenvalue weighted by molar-refractivity contribution is 8.99. The Hall–Kier alpha value is 0.360. The summed E-state index contributed by atoms with van der Waals surface area (Å²) >= 11 is 0. The summed E-state index contributed by atoms with van der Waals surface area (Å²) < 4.78 is 16.5. The molecule has 72 valence electrons. The third kappa shape index (κ3) is 5.09. The van der Waals surface area contributed by atoms with Crippen LogP contribution in [0.1, 0.15) is 6.92 Å². The summed E-state index contributed by atoms with van der Waals surface area (Å²) in [7, 11) is 5.72. The fraction of sp³-hybridized carbons (Fsp3) is 0.800. The van der Waals surface area contributed by atoms with Crippen molar-refractivity contribution in [2.24, 2.45) is 4.99 Å². The molecule has 0 aromatic rings. The highest BCUT2D eigenvalue weighted by Gasteiger charge is 2.20. The van der Waals surface area contributed by atoms with Gasteiger partial charge in [-0.2, -0.15) is 0 Å². The van der Waals surface area contributed by atoms with E-state index < -0.39 is 6.72 Å². The molecule has 0 bridgehead atoms. The van der Waals surface area contributed by atoms with Crippen molar-refractivity contribution in [3.63, 3.8) is 0 Å². The molecule has 4 nitrogen and oxygen atoms in total. The van der Waals surface area contributed by atoms with Gasteiger partial charge in [0.25, 0.3) is 0 Å². The molecule has 0 heterocycles. The SMILES string of the molecule is CCSSP(=O)(NC=NC)OC. The van der Waals surface area contributed by atoms with Gasteiger partial charge in [-0.25, -0.2) is 0 Å². The molecule has 0 amide bonds. The van der Waals surface area contributed by atoms with Gasteiger partial charge in [-0.15, -0.1) is 0 Å². The van der Waals surface area contributed by atoms with Gasteiger partial charge in [0.05, 0.1) is 6.34 Å². The van der Waals surface area contributed by atoms with Crippen LogP contribution >= 0.6 is 27.9 Å². The summed E-state index contributed by atoms with van der Waals surface area (Å²) in [5, 5.41) is 2.61. The van der Waals surface area contributed by atoms with Crippen LogP contribution in [0.15, 0.2) is 4.99 Å². The van der Waals surface area contributed by atoms with Gasteiger partial charge >= 0.3 is 6.72 Å². The molecule has 7 heteroatoms. The van der Waals surface area contributed by atoms with E-state index in [1.54, 1.807) is 7.05 Å². The molecule has 1 unspecified atom stereocenters. The van der Waals surface area contributed by atoms with Crippen molar-refractivity contribution < 1.29 is 9.09 Å².